The first-order chi connectivity index (χ1) is 21.8. The first kappa shape index (κ1) is 27.8. The molecule has 14 nitrogen and oxygen atoms in total. The highest BCUT2D eigenvalue weighted by Gasteiger charge is 2.36. The van der Waals surface area contributed by atoms with Gasteiger partial charge in [0.05, 0.1) is 5.56 Å². The van der Waals surface area contributed by atoms with Gasteiger partial charge in [0.25, 0.3) is 0 Å². The number of aromatic hydroxyl groups is 13. The fourth-order valence-electron chi connectivity index (χ4n) is 5.96. The summed E-state index contributed by atoms with van der Waals surface area (Å²) in [6, 6.07) is 11.3. The highest BCUT2D eigenvalue weighted by molar-refractivity contribution is 6.30. The number of rotatable bonds is 2. The zero-order valence-corrected chi connectivity index (χ0v) is 22.8. The third-order valence-corrected chi connectivity index (χ3v) is 8.08. The Hall–Kier alpha value is -6.96. The van der Waals surface area contributed by atoms with Gasteiger partial charge in [0.1, 0.15) is 11.2 Å². The van der Waals surface area contributed by atoms with Crippen LogP contribution in [-0.4, -0.2) is 66.4 Å². The second kappa shape index (κ2) is 9.03. The molecule has 0 aliphatic rings. The van der Waals surface area contributed by atoms with E-state index in [1.165, 1.54) is 18.2 Å². The van der Waals surface area contributed by atoms with Crippen LogP contribution in [0, 0.1) is 0 Å². The van der Waals surface area contributed by atoms with Crippen molar-refractivity contribution in [3.63, 3.8) is 0 Å². The molecule has 0 aliphatic carbocycles. The van der Waals surface area contributed by atoms with Crippen LogP contribution >= 0.6 is 0 Å². The third-order valence-electron chi connectivity index (χ3n) is 8.08. The molecule has 7 aromatic rings. The SMILES string of the molecule is Oc1c(O)c(O)c(-c2c3c(O)c(O)c(O)c(O)c3c(-c3ccc4oc5ccccc5c4c3)c3c(O)c(O)c(O)c(O)c23)c(O)c1O. The summed E-state index contributed by atoms with van der Waals surface area (Å²) in [5.41, 5.74) is -1.35. The Balaban J connectivity index is 1.84. The molecule has 13 N–H and O–H groups in total. The molecule has 0 aliphatic heterocycles. The number of phenolic OH excluding ortho intramolecular Hbond substituents is 13. The Labute approximate surface area is 253 Å². The number of furan rings is 1. The Kier molecular flexibility index (Phi) is 5.46. The predicted molar refractivity (Wildman–Crippen MR) is 161 cm³/mol. The summed E-state index contributed by atoms with van der Waals surface area (Å²) in [7, 11) is 0. The highest BCUT2D eigenvalue weighted by atomic mass is 16.4. The second-order valence-corrected chi connectivity index (χ2v) is 10.5. The molecule has 0 unspecified atom stereocenters. The van der Waals surface area contributed by atoms with Crippen molar-refractivity contribution in [3.05, 3.63) is 42.5 Å². The molecule has 0 saturated heterocycles. The molecule has 14 heteroatoms. The van der Waals surface area contributed by atoms with Gasteiger partial charge in [-0.15, -0.1) is 0 Å². The lowest BCUT2D eigenvalue weighted by molar-refractivity contribution is 0.330. The van der Waals surface area contributed by atoms with E-state index in [0.717, 1.165) is 0 Å². The van der Waals surface area contributed by atoms with Crippen LogP contribution in [0.4, 0.5) is 0 Å². The smallest absolute Gasteiger partial charge is 0.208 e. The van der Waals surface area contributed by atoms with Crippen LogP contribution in [0.1, 0.15) is 0 Å². The van der Waals surface area contributed by atoms with E-state index >= 15 is 0 Å². The van der Waals surface area contributed by atoms with E-state index in [1.54, 1.807) is 24.3 Å². The van der Waals surface area contributed by atoms with Crippen molar-refractivity contribution in [3.8, 4) is 97.0 Å². The van der Waals surface area contributed by atoms with Crippen LogP contribution in [0.2, 0.25) is 0 Å². The lowest BCUT2D eigenvalue weighted by atomic mass is 9.82. The van der Waals surface area contributed by atoms with Crippen molar-refractivity contribution in [1.82, 2.24) is 0 Å². The average molecular weight is 628 g/mol. The summed E-state index contributed by atoms with van der Waals surface area (Å²) in [6.45, 7) is 0. The van der Waals surface area contributed by atoms with Gasteiger partial charge in [-0.25, -0.2) is 0 Å². The van der Waals surface area contributed by atoms with Crippen LogP contribution in [0.3, 0.4) is 0 Å². The van der Waals surface area contributed by atoms with Gasteiger partial charge in [-0.3, -0.25) is 0 Å². The van der Waals surface area contributed by atoms with E-state index < -0.39 is 107 Å². The number of fused-ring (bicyclic) bond motifs is 5. The molecule has 0 radical (unpaired) electrons. The number of para-hydroxylation sites is 1. The van der Waals surface area contributed by atoms with Crippen molar-refractivity contribution in [1.29, 1.82) is 0 Å². The molecule has 7 rings (SSSR count). The molecule has 1 heterocycles. The molecular formula is C32H20O14. The van der Waals surface area contributed by atoms with Gasteiger partial charge in [-0.1, -0.05) is 24.3 Å². The Morgan fingerprint density at radius 3 is 1.22 bits per heavy atom. The largest absolute Gasteiger partial charge is 0.504 e. The number of phenols is 13. The fourth-order valence-corrected chi connectivity index (χ4v) is 5.96. The molecule has 0 amide bonds. The topological polar surface area (TPSA) is 276 Å². The van der Waals surface area contributed by atoms with Crippen LogP contribution in [-0.2, 0) is 0 Å². The first-order valence-corrected chi connectivity index (χ1v) is 13.1. The molecule has 0 bridgehead atoms. The molecule has 46 heavy (non-hydrogen) atoms. The lowest BCUT2D eigenvalue weighted by Crippen LogP contribution is -1.95. The normalized spacial score (nSPS) is 11.7. The minimum absolute atomic E-state index is 0.0602. The quantitative estimate of drug-likeness (QED) is 0.0649. The zero-order chi connectivity index (χ0) is 33.1. The van der Waals surface area contributed by atoms with Gasteiger partial charge in [-0.2, -0.15) is 0 Å². The lowest BCUT2D eigenvalue weighted by Gasteiger charge is -2.23. The van der Waals surface area contributed by atoms with Crippen molar-refractivity contribution in [2.24, 2.45) is 0 Å². The standard InChI is InChI=1S/C32H20O14/c33-20-15-13(8-5-6-12-10(7-8)9-3-1-2-4-11(9)46-12)16-18(23(36)29(42)27(40)21(16)34)14(17(15)22(35)28(41)26(20)39)19-24(37)30(43)32(45)31(44)25(19)38/h1-7,33-45H. The summed E-state index contributed by atoms with van der Waals surface area (Å²) < 4.78 is 5.86. The molecule has 0 atom stereocenters. The van der Waals surface area contributed by atoms with Gasteiger partial charge in [0.2, 0.25) is 40.2 Å². The van der Waals surface area contributed by atoms with Crippen LogP contribution < -0.4 is 0 Å². The van der Waals surface area contributed by atoms with E-state index in [-0.39, 0.29) is 11.1 Å². The summed E-state index contributed by atoms with van der Waals surface area (Å²) in [4.78, 5) is 0. The van der Waals surface area contributed by atoms with Crippen molar-refractivity contribution in [2.75, 3.05) is 0 Å². The van der Waals surface area contributed by atoms with Crippen LogP contribution in [0.15, 0.2) is 46.9 Å². The molecule has 232 valence electrons. The van der Waals surface area contributed by atoms with E-state index in [1.807, 2.05) is 0 Å². The van der Waals surface area contributed by atoms with E-state index in [2.05, 4.69) is 0 Å². The fraction of sp³-hybridized carbons (Fsp3) is 0. The molecule has 6 aromatic carbocycles. The molecule has 0 saturated carbocycles. The summed E-state index contributed by atoms with van der Waals surface area (Å²) in [6.07, 6.45) is 0. The minimum Gasteiger partial charge on any atom is -0.504 e. The second-order valence-electron chi connectivity index (χ2n) is 10.5. The first-order valence-electron chi connectivity index (χ1n) is 13.1. The molecule has 0 fully saturated rings. The van der Waals surface area contributed by atoms with Crippen molar-refractivity contribution < 1.29 is 70.8 Å². The number of benzene rings is 6. The maximum atomic E-state index is 11.3. The Morgan fingerprint density at radius 1 is 0.326 bits per heavy atom. The third kappa shape index (κ3) is 3.28. The van der Waals surface area contributed by atoms with Gasteiger partial charge < -0.3 is 70.8 Å². The van der Waals surface area contributed by atoms with Crippen LogP contribution in [0.25, 0.3) is 65.7 Å². The van der Waals surface area contributed by atoms with Crippen molar-refractivity contribution in [2.45, 2.75) is 0 Å². The van der Waals surface area contributed by atoms with E-state index in [9.17, 15) is 66.4 Å². The molecule has 1 aromatic heterocycles. The van der Waals surface area contributed by atoms with Crippen LogP contribution in [0.5, 0.6) is 74.7 Å². The molecule has 0 spiro atoms. The maximum absolute atomic E-state index is 11.3. The number of hydrogen-bond acceptors (Lipinski definition) is 14. The summed E-state index contributed by atoms with van der Waals surface area (Å²) in [5, 5.41) is 138. The summed E-state index contributed by atoms with van der Waals surface area (Å²) >= 11 is 0. The summed E-state index contributed by atoms with van der Waals surface area (Å²) in [5.74, 6) is -17.0. The van der Waals surface area contributed by atoms with Gasteiger partial charge >= 0.3 is 0 Å². The Morgan fingerprint density at radius 2 is 0.717 bits per heavy atom. The van der Waals surface area contributed by atoms with Gasteiger partial charge in [-0.05, 0) is 23.8 Å². The van der Waals surface area contributed by atoms with Crippen molar-refractivity contribution >= 4 is 43.5 Å². The van der Waals surface area contributed by atoms with Gasteiger partial charge in [0, 0.05) is 43.4 Å². The number of hydrogen-bond donors (Lipinski definition) is 13. The van der Waals surface area contributed by atoms with E-state index in [0.29, 0.717) is 21.9 Å². The minimum atomic E-state index is -1.41. The zero-order valence-electron chi connectivity index (χ0n) is 22.8. The maximum Gasteiger partial charge on any atom is 0.208 e. The average Bonchev–Trinajstić information content (AvgIpc) is 3.43. The highest BCUT2D eigenvalue weighted by Crippen LogP contribution is 2.65. The monoisotopic (exact) mass is 628 g/mol. The Bertz CT molecular complexity index is 2400. The molecular weight excluding hydrogens is 608 g/mol. The predicted octanol–water partition coefficient (Wildman–Crippen LogP) is 5.40. The van der Waals surface area contributed by atoms with Gasteiger partial charge in [0.15, 0.2) is 34.5 Å². The van der Waals surface area contributed by atoms with E-state index in [4.69, 9.17) is 4.42 Å².